The highest BCUT2D eigenvalue weighted by molar-refractivity contribution is 7.86. The van der Waals surface area contributed by atoms with Crippen LogP contribution in [-0.2, 0) is 19.0 Å². The summed E-state index contributed by atoms with van der Waals surface area (Å²) in [6, 6.07) is 0. The molecule has 0 unspecified atom stereocenters. The third-order valence-electron chi connectivity index (χ3n) is 3.31. The van der Waals surface area contributed by atoms with Crippen molar-refractivity contribution in [2.75, 3.05) is 6.26 Å². The molecule has 1 aliphatic rings. The van der Waals surface area contributed by atoms with Crippen LogP contribution in [0.4, 0.5) is 0 Å². The van der Waals surface area contributed by atoms with Gasteiger partial charge in [0.2, 0.25) is 0 Å². The lowest BCUT2D eigenvalue weighted by Gasteiger charge is -2.46. The molecule has 0 aromatic heterocycles. The summed E-state index contributed by atoms with van der Waals surface area (Å²) >= 11 is 0. The molecule has 1 heterocycles. The summed E-state index contributed by atoms with van der Waals surface area (Å²) in [6.07, 6.45) is 5.47. The van der Waals surface area contributed by atoms with Crippen molar-refractivity contribution in [3.8, 4) is 0 Å². The Morgan fingerprint density at radius 3 is 2.44 bits per heavy atom. The van der Waals surface area contributed by atoms with Crippen molar-refractivity contribution in [2.24, 2.45) is 0 Å². The lowest BCUT2D eigenvalue weighted by atomic mass is 9.83. The Bertz CT molecular complexity index is 399. The van der Waals surface area contributed by atoms with Gasteiger partial charge in [0.05, 0.1) is 17.5 Å². The predicted octanol–water partition coefficient (Wildman–Crippen LogP) is 2.65. The van der Waals surface area contributed by atoms with Crippen LogP contribution in [0.1, 0.15) is 46.5 Å². The van der Waals surface area contributed by atoms with Gasteiger partial charge in [0.25, 0.3) is 10.1 Å². The van der Waals surface area contributed by atoms with Crippen molar-refractivity contribution in [2.45, 2.75) is 63.8 Å². The second kappa shape index (κ2) is 5.31. The zero-order valence-corrected chi connectivity index (χ0v) is 12.5. The Morgan fingerprint density at radius 2 is 2.00 bits per heavy atom. The fourth-order valence-electron chi connectivity index (χ4n) is 2.58. The number of rotatable bonds is 5. The van der Waals surface area contributed by atoms with Crippen molar-refractivity contribution in [3.63, 3.8) is 0 Å². The van der Waals surface area contributed by atoms with Crippen molar-refractivity contribution < 1.29 is 17.3 Å². The highest BCUT2D eigenvalue weighted by Gasteiger charge is 2.44. The van der Waals surface area contributed by atoms with Crippen LogP contribution in [0, 0.1) is 0 Å². The van der Waals surface area contributed by atoms with Crippen LogP contribution in [0.15, 0.2) is 12.7 Å². The van der Waals surface area contributed by atoms with E-state index in [1.807, 2.05) is 20.8 Å². The SMILES string of the molecule is C=CC[C@H](OS(C)(=O)=O)[C@@]1(C)CCCC(C)(C)O1. The molecule has 1 fully saturated rings. The number of ether oxygens (including phenoxy) is 1. The van der Waals surface area contributed by atoms with E-state index in [0.29, 0.717) is 6.42 Å². The average molecular weight is 276 g/mol. The summed E-state index contributed by atoms with van der Waals surface area (Å²) in [7, 11) is -3.50. The van der Waals surface area contributed by atoms with E-state index in [1.165, 1.54) is 0 Å². The summed E-state index contributed by atoms with van der Waals surface area (Å²) in [5, 5.41) is 0. The first-order chi connectivity index (χ1) is 8.08. The van der Waals surface area contributed by atoms with Crippen LogP contribution in [0.5, 0.6) is 0 Å². The number of hydrogen-bond acceptors (Lipinski definition) is 4. The fraction of sp³-hybridized carbons (Fsp3) is 0.846. The minimum Gasteiger partial charge on any atom is -0.367 e. The highest BCUT2D eigenvalue weighted by Crippen LogP contribution is 2.39. The molecule has 0 aromatic carbocycles. The normalized spacial score (nSPS) is 29.8. The molecule has 0 aliphatic carbocycles. The average Bonchev–Trinajstić information content (AvgIpc) is 2.12. The third-order valence-corrected chi connectivity index (χ3v) is 3.90. The third kappa shape index (κ3) is 4.37. The molecule has 1 rings (SSSR count). The molecule has 0 aromatic rings. The first-order valence-corrected chi connectivity index (χ1v) is 8.09. The summed E-state index contributed by atoms with van der Waals surface area (Å²) in [5.74, 6) is 0. The van der Waals surface area contributed by atoms with E-state index in [9.17, 15) is 8.42 Å². The standard InChI is InChI=1S/C13H24O4S/c1-6-8-11(16-18(5,14)15)13(4)10-7-9-12(2,3)17-13/h6,11H,1,7-10H2,2-5H3/t11-,13+/m0/s1. The largest absolute Gasteiger partial charge is 0.367 e. The van der Waals surface area contributed by atoms with Crippen LogP contribution in [0.2, 0.25) is 0 Å². The molecule has 0 bridgehead atoms. The zero-order valence-electron chi connectivity index (χ0n) is 11.7. The molecule has 5 heteroatoms. The molecular weight excluding hydrogens is 252 g/mol. The first kappa shape index (κ1) is 15.7. The maximum atomic E-state index is 11.4. The number of hydrogen-bond donors (Lipinski definition) is 0. The molecule has 0 amide bonds. The molecule has 1 aliphatic heterocycles. The Labute approximate surface area is 110 Å². The summed E-state index contributed by atoms with van der Waals surface area (Å²) < 4.78 is 34.0. The lowest BCUT2D eigenvalue weighted by Crippen LogP contribution is -2.52. The van der Waals surface area contributed by atoms with Gasteiger partial charge in [-0.15, -0.1) is 6.58 Å². The van der Waals surface area contributed by atoms with E-state index in [1.54, 1.807) is 6.08 Å². The Hall–Kier alpha value is -0.390. The van der Waals surface area contributed by atoms with Crippen LogP contribution < -0.4 is 0 Å². The van der Waals surface area contributed by atoms with E-state index in [4.69, 9.17) is 8.92 Å². The van der Waals surface area contributed by atoms with Crippen molar-refractivity contribution in [3.05, 3.63) is 12.7 Å². The smallest absolute Gasteiger partial charge is 0.264 e. The van der Waals surface area contributed by atoms with E-state index in [2.05, 4.69) is 6.58 Å². The van der Waals surface area contributed by atoms with Crippen LogP contribution >= 0.6 is 0 Å². The summed E-state index contributed by atoms with van der Waals surface area (Å²) in [6.45, 7) is 9.63. The second-order valence-corrected chi connectivity index (χ2v) is 7.44. The van der Waals surface area contributed by atoms with Gasteiger partial charge in [0.1, 0.15) is 6.10 Å². The van der Waals surface area contributed by atoms with Gasteiger partial charge in [-0.05, 0) is 46.5 Å². The Morgan fingerprint density at radius 1 is 1.39 bits per heavy atom. The molecule has 0 radical (unpaired) electrons. The molecule has 106 valence electrons. The molecule has 18 heavy (non-hydrogen) atoms. The van der Waals surface area contributed by atoms with E-state index < -0.39 is 21.8 Å². The van der Waals surface area contributed by atoms with Gasteiger partial charge in [-0.2, -0.15) is 8.42 Å². The van der Waals surface area contributed by atoms with E-state index >= 15 is 0 Å². The van der Waals surface area contributed by atoms with E-state index in [-0.39, 0.29) is 5.60 Å². The molecule has 0 spiro atoms. The maximum Gasteiger partial charge on any atom is 0.264 e. The highest BCUT2D eigenvalue weighted by atomic mass is 32.2. The molecule has 0 N–H and O–H groups in total. The van der Waals surface area contributed by atoms with E-state index in [0.717, 1.165) is 25.5 Å². The minimum atomic E-state index is -3.50. The van der Waals surface area contributed by atoms with Crippen molar-refractivity contribution in [1.82, 2.24) is 0 Å². The zero-order chi connectivity index (χ0) is 14.0. The minimum absolute atomic E-state index is 0.243. The van der Waals surface area contributed by atoms with Gasteiger partial charge in [0.15, 0.2) is 0 Å². The van der Waals surface area contributed by atoms with Crippen molar-refractivity contribution >= 4 is 10.1 Å². The quantitative estimate of drug-likeness (QED) is 0.572. The monoisotopic (exact) mass is 276 g/mol. The predicted molar refractivity (Wildman–Crippen MR) is 72.0 cm³/mol. The summed E-state index contributed by atoms with van der Waals surface area (Å²) in [4.78, 5) is 0. The lowest BCUT2D eigenvalue weighted by molar-refractivity contribution is -0.200. The Kier molecular flexibility index (Phi) is 4.62. The fourth-order valence-corrected chi connectivity index (χ4v) is 3.28. The first-order valence-electron chi connectivity index (χ1n) is 6.27. The second-order valence-electron chi connectivity index (χ2n) is 5.84. The maximum absolute atomic E-state index is 11.4. The molecule has 2 atom stereocenters. The molecule has 1 saturated heterocycles. The van der Waals surface area contributed by atoms with Gasteiger partial charge in [0, 0.05) is 0 Å². The van der Waals surface area contributed by atoms with Crippen LogP contribution in [-0.4, -0.2) is 32.0 Å². The van der Waals surface area contributed by atoms with Crippen LogP contribution in [0.3, 0.4) is 0 Å². The van der Waals surface area contributed by atoms with Gasteiger partial charge < -0.3 is 4.74 Å². The molecule has 4 nitrogen and oxygen atoms in total. The van der Waals surface area contributed by atoms with Gasteiger partial charge >= 0.3 is 0 Å². The Balaban J connectivity index is 2.92. The summed E-state index contributed by atoms with van der Waals surface area (Å²) in [5.41, 5.74) is -0.827. The van der Waals surface area contributed by atoms with Gasteiger partial charge in [-0.3, -0.25) is 4.18 Å². The topological polar surface area (TPSA) is 52.6 Å². The van der Waals surface area contributed by atoms with Crippen LogP contribution in [0.25, 0.3) is 0 Å². The van der Waals surface area contributed by atoms with Gasteiger partial charge in [-0.1, -0.05) is 6.08 Å². The van der Waals surface area contributed by atoms with Gasteiger partial charge in [-0.25, -0.2) is 0 Å². The van der Waals surface area contributed by atoms with Crippen molar-refractivity contribution in [1.29, 1.82) is 0 Å². The molecular formula is C13H24O4S. The molecule has 0 saturated carbocycles.